The minimum atomic E-state index is -0.661. The molecule has 0 spiro atoms. The van der Waals surface area contributed by atoms with Crippen LogP contribution < -0.4 is 16.6 Å². The predicted octanol–water partition coefficient (Wildman–Crippen LogP) is 0.679. The number of primary amides is 1. The molecule has 1 aromatic carbocycles. The number of rotatable bonds is 5. The van der Waals surface area contributed by atoms with E-state index in [1.807, 2.05) is 0 Å². The quantitative estimate of drug-likeness (QED) is 0.822. The SMILES string of the molecule is NC(=O)[C@H]1[CH]CCN1CC(=O)Nc1ccc(-n2ccccc2=O)cc1F. The summed E-state index contributed by atoms with van der Waals surface area (Å²) in [5, 5.41) is 2.48. The highest BCUT2D eigenvalue weighted by molar-refractivity contribution is 5.93. The molecule has 2 heterocycles. The molecule has 1 saturated heterocycles. The van der Waals surface area contributed by atoms with Gasteiger partial charge in [-0.2, -0.15) is 0 Å². The number of hydrogen-bond acceptors (Lipinski definition) is 4. The number of halogens is 1. The Morgan fingerprint density at radius 2 is 2.08 bits per heavy atom. The summed E-state index contributed by atoms with van der Waals surface area (Å²) in [5.74, 6) is -1.62. The summed E-state index contributed by atoms with van der Waals surface area (Å²) >= 11 is 0. The van der Waals surface area contributed by atoms with Gasteiger partial charge in [-0.1, -0.05) is 6.07 Å². The van der Waals surface area contributed by atoms with Crippen molar-refractivity contribution in [1.29, 1.82) is 0 Å². The van der Waals surface area contributed by atoms with Crippen molar-refractivity contribution in [2.24, 2.45) is 5.73 Å². The van der Waals surface area contributed by atoms with Crippen LogP contribution in [0.5, 0.6) is 0 Å². The molecular formula is C18H18FN4O3. The van der Waals surface area contributed by atoms with Gasteiger partial charge in [0.2, 0.25) is 11.8 Å². The summed E-state index contributed by atoms with van der Waals surface area (Å²) in [6.07, 6.45) is 3.95. The van der Waals surface area contributed by atoms with Gasteiger partial charge in [0, 0.05) is 18.3 Å². The zero-order valence-corrected chi connectivity index (χ0v) is 13.9. The van der Waals surface area contributed by atoms with Crippen LogP contribution >= 0.6 is 0 Å². The number of carbonyl (C=O) groups is 2. The molecule has 1 aromatic heterocycles. The first-order valence-electron chi connectivity index (χ1n) is 8.10. The number of hydrogen-bond donors (Lipinski definition) is 2. The normalized spacial score (nSPS) is 17.2. The zero-order chi connectivity index (χ0) is 18.7. The lowest BCUT2D eigenvalue weighted by atomic mass is 10.2. The monoisotopic (exact) mass is 357 g/mol. The average molecular weight is 357 g/mol. The number of anilines is 1. The number of aromatic nitrogens is 1. The molecule has 2 aromatic rings. The smallest absolute Gasteiger partial charge is 0.255 e. The van der Waals surface area contributed by atoms with E-state index in [1.165, 1.54) is 35.0 Å². The molecule has 0 saturated carbocycles. The third-order valence-corrected chi connectivity index (χ3v) is 4.17. The first kappa shape index (κ1) is 17.8. The number of carbonyl (C=O) groups excluding carboxylic acids is 2. The van der Waals surface area contributed by atoms with Crippen LogP contribution in [0.25, 0.3) is 5.69 Å². The molecule has 1 aliphatic heterocycles. The van der Waals surface area contributed by atoms with Gasteiger partial charge in [0.1, 0.15) is 5.82 Å². The molecule has 7 nitrogen and oxygen atoms in total. The van der Waals surface area contributed by atoms with E-state index >= 15 is 0 Å². The summed E-state index contributed by atoms with van der Waals surface area (Å²) in [7, 11) is 0. The van der Waals surface area contributed by atoms with Gasteiger partial charge in [-0.25, -0.2) is 4.39 Å². The number of likely N-dealkylation sites (tertiary alicyclic amines) is 1. The first-order valence-corrected chi connectivity index (χ1v) is 8.10. The van der Waals surface area contributed by atoms with Gasteiger partial charge < -0.3 is 11.1 Å². The highest BCUT2D eigenvalue weighted by atomic mass is 19.1. The topological polar surface area (TPSA) is 97.4 Å². The minimum absolute atomic E-state index is 0.00142. The fourth-order valence-electron chi connectivity index (χ4n) is 2.93. The molecule has 26 heavy (non-hydrogen) atoms. The third-order valence-electron chi connectivity index (χ3n) is 4.17. The van der Waals surface area contributed by atoms with Crippen LogP contribution in [0.1, 0.15) is 6.42 Å². The Bertz CT molecular complexity index is 896. The minimum Gasteiger partial charge on any atom is -0.368 e. The Morgan fingerprint density at radius 1 is 1.27 bits per heavy atom. The van der Waals surface area contributed by atoms with E-state index in [-0.39, 0.29) is 17.8 Å². The number of amides is 2. The van der Waals surface area contributed by atoms with Gasteiger partial charge in [0.05, 0.1) is 24.0 Å². The number of nitrogens with two attached hydrogens (primary N) is 1. The lowest BCUT2D eigenvalue weighted by Crippen LogP contribution is -2.44. The van der Waals surface area contributed by atoms with Gasteiger partial charge >= 0.3 is 0 Å². The van der Waals surface area contributed by atoms with Crippen molar-refractivity contribution in [3.8, 4) is 5.69 Å². The van der Waals surface area contributed by atoms with Gasteiger partial charge in [0.15, 0.2) is 0 Å². The molecule has 3 N–H and O–H groups in total. The molecule has 0 unspecified atom stereocenters. The van der Waals surface area contributed by atoms with Crippen molar-refractivity contribution in [3.05, 3.63) is 65.2 Å². The molecular weight excluding hydrogens is 339 g/mol. The highest BCUT2D eigenvalue weighted by Gasteiger charge is 2.30. The first-order chi connectivity index (χ1) is 12.5. The van der Waals surface area contributed by atoms with Gasteiger partial charge in [-0.3, -0.25) is 23.9 Å². The van der Waals surface area contributed by atoms with E-state index in [9.17, 15) is 18.8 Å². The van der Waals surface area contributed by atoms with Crippen LogP contribution in [-0.2, 0) is 9.59 Å². The fraction of sp³-hybridized carbons (Fsp3) is 0.222. The summed E-state index contributed by atoms with van der Waals surface area (Å²) in [6, 6.07) is 8.15. The van der Waals surface area contributed by atoms with Crippen molar-refractivity contribution in [3.63, 3.8) is 0 Å². The fourth-order valence-corrected chi connectivity index (χ4v) is 2.93. The number of nitrogens with zero attached hydrogens (tertiary/aromatic N) is 2. The number of nitrogens with one attached hydrogen (secondary N) is 1. The van der Waals surface area contributed by atoms with E-state index in [2.05, 4.69) is 5.32 Å². The number of pyridine rings is 1. The number of benzene rings is 1. The molecule has 135 valence electrons. The maximum atomic E-state index is 14.3. The lowest BCUT2D eigenvalue weighted by Gasteiger charge is -2.21. The van der Waals surface area contributed by atoms with E-state index in [4.69, 9.17) is 5.73 Å². The molecule has 8 heteroatoms. The third kappa shape index (κ3) is 3.80. The van der Waals surface area contributed by atoms with Crippen LogP contribution in [0, 0.1) is 12.2 Å². The second-order valence-electron chi connectivity index (χ2n) is 5.96. The van der Waals surface area contributed by atoms with Crippen LogP contribution in [0.3, 0.4) is 0 Å². The van der Waals surface area contributed by atoms with Crippen molar-refractivity contribution in [2.75, 3.05) is 18.4 Å². The summed E-state index contributed by atoms with van der Waals surface area (Å²) in [5.41, 5.74) is 5.36. The Hall–Kier alpha value is -3.00. The van der Waals surface area contributed by atoms with E-state index in [0.29, 0.717) is 18.7 Å². The van der Waals surface area contributed by atoms with Crippen LogP contribution in [0.15, 0.2) is 47.4 Å². The molecule has 0 bridgehead atoms. The molecule has 2 amide bonds. The molecule has 1 atom stereocenters. The van der Waals surface area contributed by atoms with Gasteiger partial charge in [0.25, 0.3) is 5.56 Å². The molecule has 0 aliphatic carbocycles. The van der Waals surface area contributed by atoms with E-state index in [1.54, 1.807) is 23.5 Å². The maximum absolute atomic E-state index is 14.3. The van der Waals surface area contributed by atoms with E-state index in [0.717, 1.165) is 0 Å². The average Bonchev–Trinajstić information content (AvgIpc) is 3.05. The Morgan fingerprint density at radius 3 is 2.77 bits per heavy atom. The van der Waals surface area contributed by atoms with Crippen molar-refractivity contribution in [1.82, 2.24) is 9.47 Å². The second-order valence-corrected chi connectivity index (χ2v) is 5.96. The molecule has 1 fully saturated rings. The zero-order valence-electron chi connectivity index (χ0n) is 13.9. The van der Waals surface area contributed by atoms with Crippen LogP contribution in [-0.4, -0.2) is 40.4 Å². The Balaban J connectivity index is 1.70. The van der Waals surface area contributed by atoms with Crippen LogP contribution in [0.2, 0.25) is 0 Å². The van der Waals surface area contributed by atoms with E-state index < -0.39 is 23.7 Å². The molecule has 3 rings (SSSR count). The Labute approximate surface area is 149 Å². The summed E-state index contributed by atoms with van der Waals surface area (Å²) in [4.78, 5) is 36.9. The lowest BCUT2D eigenvalue weighted by molar-refractivity contribution is -0.123. The highest BCUT2D eigenvalue weighted by Crippen LogP contribution is 2.19. The molecule has 1 radical (unpaired) electrons. The second kappa shape index (κ2) is 7.49. The van der Waals surface area contributed by atoms with Crippen molar-refractivity contribution < 1.29 is 14.0 Å². The maximum Gasteiger partial charge on any atom is 0.255 e. The van der Waals surface area contributed by atoms with Gasteiger partial charge in [-0.15, -0.1) is 0 Å². The molecule has 1 aliphatic rings. The van der Waals surface area contributed by atoms with Crippen molar-refractivity contribution in [2.45, 2.75) is 12.5 Å². The largest absolute Gasteiger partial charge is 0.368 e. The van der Waals surface area contributed by atoms with Crippen LogP contribution in [0.4, 0.5) is 10.1 Å². The Kier molecular flexibility index (Phi) is 5.13. The summed E-state index contributed by atoms with van der Waals surface area (Å²) in [6.45, 7) is 0.475. The predicted molar refractivity (Wildman–Crippen MR) is 94.1 cm³/mol. The standard InChI is InChI=1S/C18H18FN4O3/c19-13-10-12(23-9-2-1-5-17(23)25)6-7-14(13)21-16(24)11-22-8-3-4-15(22)18(20)26/h1-2,4-7,9-10,15H,3,8,11H2,(H2,20,26)(H,21,24)/t15-/m1/s1. The van der Waals surface area contributed by atoms with Gasteiger partial charge in [-0.05, 0) is 37.6 Å². The summed E-state index contributed by atoms with van der Waals surface area (Å²) < 4.78 is 15.6. The van der Waals surface area contributed by atoms with Crippen molar-refractivity contribution >= 4 is 17.5 Å².